The molecular formula is C48H94N2O3. The Labute approximate surface area is 332 Å². The van der Waals surface area contributed by atoms with Crippen LogP contribution in [0.1, 0.15) is 240 Å². The molecular weight excluding hydrogens is 653 g/mol. The van der Waals surface area contributed by atoms with Crippen molar-refractivity contribution in [3.63, 3.8) is 0 Å². The average molecular weight is 747 g/mol. The van der Waals surface area contributed by atoms with Gasteiger partial charge < -0.3 is 15.2 Å². The number of carbonyl (C=O) groups is 1. The molecule has 0 aromatic carbocycles. The first-order valence-electron chi connectivity index (χ1n) is 23.6. The monoisotopic (exact) mass is 747 g/mol. The molecule has 0 aliphatic carbocycles. The summed E-state index contributed by atoms with van der Waals surface area (Å²) in [4.78, 5) is 15.3. The first kappa shape index (κ1) is 51.7. The number of rotatable bonds is 42. The summed E-state index contributed by atoms with van der Waals surface area (Å²) in [5.74, 6) is 0.0246. The molecule has 0 aliphatic rings. The molecule has 0 aromatic rings. The van der Waals surface area contributed by atoms with Gasteiger partial charge in [0, 0.05) is 31.8 Å². The maximum atomic E-state index is 12.8. The molecule has 0 spiro atoms. The fourth-order valence-corrected chi connectivity index (χ4v) is 7.32. The number of ether oxygens (including phenoxy) is 1. The third-order valence-electron chi connectivity index (χ3n) is 10.8. The fraction of sp³-hybridized carbons (Fsp3) is 0.896. The fourth-order valence-electron chi connectivity index (χ4n) is 7.32. The van der Waals surface area contributed by atoms with Gasteiger partial charge in [-0.2, -0.15) is 0 Å². The average Bonchev–Trinajstić information content (AvgIpc) is 3.14. The van der Waals surface area contributed by atoms with Gasteiger partial charge in [0.1, 0.15) is 6.10 Å². The lowest BCUT2D eigenvalue weighted by atomic mass is 10.0. The van der Waals surface area contributed by atoms with E-state index >= 15 is 0 Å². The maximum Gasteiger partial charge on any atom is 0.306 e. The van der Waals surface area contributed by atoms with Crippen molar-refractivity contribution in [3.05, 3.63) is 23.9 Å². The number of allylic oxidation sites excluding steroid dienone is 4. The van der Waals surface area contributed by atoms with Crippen molar-refractivity contribution in [1.29, 1.82) is 0 Å². The molecule has 2 N–H and O–H groups in total. The lowest BCUT2D eigenvalue weighted by molar-refractivity contribution is -0.150. The highest BCUT2D eigenvalue weighted by Crippen LogP contribution is 2.19. The molecule has 0 fully saturated rings. The molecule has 1 atom stereocenters. The van der Waals surface area contributed by atoms with E-state index in [0.29, 0.717) is 6.42 Å². The highest BCUT2D eigenvalue weighted by atomic mass is 16.5. The normalized spacial score (nSPS) is 12.8. The van der Waals surface area contributed by atoms with Crippen LogP contribution < -0.4 is 5.32 Å². The van der Waals surface area contributed by atoms with Gasteiger partial charge in [0.05, 0.1) is 6.10 Å². The predicted molar refractivity (Wildman–Crippen MR) is 234 cm³/mol. The van der Waals surface area contributed by atoms with Crippen LogP contribution in [0.5, 0.6) is 0 Å². The van der Waals surface area contributed by atoms with E-state index in [0.717, 1.165) is 84.0 Å². The number of nitrogens with one attached hydrogen (secondary N) is 1. The number of carbonyl (C=O) groups excluding carboxylic acids is 1. The van der Waals surface area contributed by atoms with Gasteiger partial charge in [-0.3, -0.25) is 9.69 Å². The molecule has 1 unspecified atom stereocenters. The van der Waals surface area contributed by atoms with Gasteiger partial charge in [-0.25, -0.2) is 0 Å². The second kappa shape index (κ2) is 41.8. The Morgan fingerprint density at radius 1 is 0.604 bits per heavy atom. The van der Waals surface area contributed by atoms with Crippen LogP contribution in [0.25, 0.3) is 0 Å². The van der Waals surface area contributed by atoms with E-state index in [1.807, 2.05) is 0 Å². The Kier molecular flexibility index (Phi) is 40.8. The molecule has 314 valence electrons. The molecule has 0 bridgehead atoms. The number of hydrogen-bond donors (Lipinski definition) is 2. The molecule has 0 rings (SSSR count). The lowest BCUT2D eigenvalue weighted by Gasteiger charge is -2.25. The molecule has 0 aliphatic heterocycles. The van der Waals surface area contributed by atoms with E-state index in [2.05, 4.69) is 63.1 Å². The summed E-state index contributed by atoms with van der Waals surface area (Å²) in [6, 6.07) is 0. The molecule has 5 nitrogen and oxygen atoms in total. The SMILES string of the molecule is CC/C=C/C=C(/C)NCCN(CCCCCCCC(=O)OC(CCCCCCCC)CCCCCCCC)CC(O)CCCCCCCCCCCC. The van der Waals surface area contributed by atoms with Crippen LogP contribution in [0.15, 0.2) is 23.9 Å². The Hall–Kier alpha value is -1.33. The first-order chi connectivity index (χ1) is 26.0. The topological polar surface area (TPSA) is 61.8 Å². The van der Waals surface area contributed by atoms with Crippen LogP contribution >= 0.6 is 0 Å². The minimum Gasteiger partial charge on any atom is -0.462 e. The molecule has 0 aromatic heterocycles. The molecule has 0 amide bonds. The quantitative estimate of drug-likeness (QED) is 0.0370. The summed E-state index contributed by atoms with van der Waals surface area (Å²) in [5.41, 5.74) is 1.19. The number of aliphatic hydroxyl groups excluding tert-OH is 1. The highest BCUT2D eigenvalue weighted by Gasteiger charge is 2.15. The molecule has 0 radical (unpaired) electrons. The largest absolute Gasteiger partial charge is 0.462 e. The number of aliphatic hydroxyl groups is 1. The van der Waals surface area contributed by atoms with E-state index in [9.17, 15) is 9.90 Å². The summed E-state index contributed by atoms with van der Waals surface area (Å²) < 4.78 is 6.07. The Morgan fingerprint density at radius 3 is 1.57 bits per heavy atom. The molecule has 0 heterocycles. The Bertz CT molecular complexity index is 797. The van der Waals surface area contributed by atoms with Crippen molar-refractivity contribution < 1.29 is 14.6 Å². The third kappa shape index (κ3) is 38.7. The van der Waals surface area contributed by atoms with Crippen LogP contribution in [0.2, 0.25) is 0 Å². The van der Waals surface area contributed by atoms with Gasteiger partial charge in [-0.05, 0) is 70.9 Å². The van der Waals surface area contributed by atoms with Crippen LogP contribution in [0.3, 0.4) is 0 Å². The molecule has 0 saturated heterocycles. The van der Waals surface area contributed by atoms with E-state index < -0.39 is 0 Å². The number of unbranched alkanes of at least 4 members (excludes halogenated alkanes) is 23. The lowest BCUT2D eigenvalue weighted by Crippen LogP contribution is -2.37. The minimum absolute atomic E-state index is 0.0246. The van der Waals surface area contributed by atoms with Gasteiger partial charge in [-0.1, -0.05) is 188 Å². The summed E-state index contributed by atoms with van der Waals surface area (Å²) in [6.07, 6.45) is 45.2. The molecule has 53 heavy (non-hydrogen) atoms. The molecule has 5 heteroatoms. The number of esters is 1. The van der Waals surface area contributed by atoms with Crippen molar-refractivity contribution in [3.8, 4) is 0 Å². The predicted octanol–water partition coefficient (Wildman–Crippen LogP) is 14.2. The minimum atomic E-state index is -0.245. The first-order valence-corrected chi connectivity index (χ1v) is 23.6. The van der Waals surface area contributed by atoms with Crippen LogP contribution in [-0.2, 0) is 9.53 Å². The Balaban J connectivity index is 4.52. The summed E-state index contributed by atoms with van der Waals surface area (Å²) in [5, 5.41) is 14.5. The van der Waals surface area contributed by atoms with Gasteiger partial charge >= 0.3 is 5.97 Å². The van der Waals surface area contributed by atoms with Crippen molar-refractivity contribution in [2.75, 3.05) is 26.2 Å². The number of nitrogens with zero attached hydrogens (tertiary/aromatic N) is 1. The second-order valence-electron chi connectivity index (χ2n) is 16.3. The zero-order valence-corrected chi connectivity index (χ0v) is 36.6. The van der Waals surface area contributed by atoms with Crippen LogP contribution in [-0.4, -0.2) is 54.4 Å². The van der Waals surface area contributed by atoms with Crippen LogP contribution in [0.4, 0.5) is 0 Å². The van der Waals surface area contributed by atoms with E-state index in [1.165, 1.54) is 147 Å². The second-order valence-corrected chi connectivity index (χ2v) is 16.3. The van der Waals surface area contributed by atoms with Crippen molar-refractivity contribution in [1.82, 2.24) is 10.2 Å². The standard InChI is InChI=1S/C48H94N2O3/c1-6-10-14-17-20-21-22-23-25-31-37-46(51)44-50(43-41-49-45(5)36-30-13-9-4)42-35-29-24-28-34-40-48(52)53-47(38-32-26-18-15-11-7-2)39-33-27-19-16-12-8-3/h13,30,36,46-47,49,51H,6-12,14-29,31-35,37-44H2,1-5H3/b30-13+,45-36-. The molecule has 0 saturated carbocycles. The van der Waals surface area contributed by atoms with E-state index in [1.54, 1.807) is 0 Å². The van der Waals surface area contributed by atoms with Crippen molar-refractivity contribution in [2.24, 2.45) is 0 Å². The van der Waals surface area contributed by atoms with Crippen molar-refractivity contribution >= 4 is 5.97 Å². The maximum absolute atomic E-state index is 12.8. The smallest absolute Gasteiger partial charge is 0.306 e. The van der Waals surface area contributed by atoms with Crippen LogP contribution in [0, 0.1) is 0 Å². The van der Waals surface area contributed by atoms with E-state index in [-0.39, 0.29) is 18.2 Å². The highest BCUT2D eigenvalue weighted by molar-refractivity contribution is 5.69. The van der Waals surface area contributed by atoms with Gasteiger partial charge in [0.25, 0.3) is 0 Å². The van der Waals surface area contributed by atoms with Crippen molar-refractivity contribution in [2.45, 2.75) is 252 Å². The van der Waals surface area contributed by atoms with E-state index in [4.69, 9.17) is 4.74 Å². The third-order valence-corrected chi connectivity index (χ3v) is 10.8. The summed E-state index contributed by atoms with van der Waals surface area (Å²) >= 11 is 0. The Morgan fingerprint density at radius 2 is 1.06 bits per heavy atom. The summed E-state index contributed by atoms with van der Waals surface area (Å²) in [6.45, 7) is 14.7. The van der Waals surface area contributed by atoms with Gasteiger partial charge in [0.15, 0.2) is 0 Å². The zero-order valence-electron chi connectivity index (χ0n) is 36.6. The number of hydrogen-bond acceptors (Lipinski definition) is 5. The zero-order chi connectivity index (χ0) is 38.9. The van der Waals surface area contributed by atoms with Gasteiger partial charge in [0.2, 0.25) is 0 Å². The van der Waals surface area contributed by atoms with Gasteiger partial charge in [-0.15, -0.1) is 0 Å². The summed E-state index contributed by atoms with van der Waals surface area (Å²) in [7, 11) is 0.